The Balaban J connectivity index is 1.15. The fraction of sp³-hybridized carbons (Fsp3) is 0.333. The normalized spacial score (nSPS) is 17.4. The average Bonchev–Trinajstić information content (AvgIpc) is 3.41. The van der Waals surface area contributed by atoms with E-state index in [1.165, 1.54) is 4.90 Å². The Kier molecular flexibility index (Phi) is 9.05. The summed E-state index contributed by atoms with van der Waals surface area (Å²) < 4.78 is 13.1. The van der Waals surface area contributed by atoms with Crippen molar-refractivity contribution in [2.75, 3.05) is 26.2 Å². The number of amides is 2. The van der Waals surface area contributed by atoms with Gasteiger partial charge in [-0.2, -0.15) is 0 Å². The van der Waals surface area contributed by atoms with Crippen molar-refractivity contribution in [3.8, 4) is 5.75 Å². The zero-order chi connectivity index (χ0) is 32.2. The van der Waals surface area contributed by atoms with E-state index in [4.69, 9.17) is 9.47 Å². The van der Waals surface area contributed by atoms with Crippen molar-refractivity contribution < 1.29 is 23.9 Å². The predicted octanol–water partition coefficient (Wildman–Crippen LogP) is 4.93. The number of ether oxygens (including phenoxy) is 2. The smallest absolute Gasteiger partial charge is 0.336 e. The van der Waals surface area contributed by atoms with E-state index >= 15 is 0 Å². The van der Waals surface area contributed by atoms with Crippen LogP contribution in [0.25, 0.3) is 11.0 Å². The molecule has 0 saturated carbocycles. The molecule has 1 saturated heterocycles. The Morgan fingerprint density at radius 1 is 0.913 bits per heavy atom. The quantitative estimate of drug-likeness (QED) is 0.265. The Hall–Kier alpha value is -5.12. The lowest BCUT2D eigenvalue weighted by atomic mass is 9.83. The third kappa shape index (κ3) is 6.33. The molecule has 2 aliphatic heterocycles. The van der Waals surface area contributed by atoms with Crippen LogP contribution < -0.4 is 10.4 Å². The summed E-state index contributed by atoms with van der Waals surface area (Å²) in [6.45, 7) is 4.83. The number of nitrogens with zero attached hydrogens (tertiary/aromatic N) is 3. The molecule has 0 radical (unpaired) electrons. The minimum Gasteiger partial charge on any atom is -0.489 e. The van der Waals surface area contributed by atoms with Crippen LogP contribution in [0.1, 0.15) is 56.2 Å². The van der Waals surface area contributed by atoms with Crippen LogP contribution in [0.3, 0.4) is 0 Å². The van der Waals surface area contributed by atoms with E-state index in [1.54, 1.807) is 23.3 Å². The molecule has 1 unspecified atom stereocenters. The minimum atomic E-state index is -0.508. The summed E-state index contributed by atoms with van der Waals surface area (Å²) in [7, 11) is 0. The van der Waals surface area contributed by atoms with Crippen LogP contribution in [0.15, 0.2) is 94.9 Å². The first-order valence-corrected chi connectivity index (χ1v) is 15.8. The van der Waals surface area contributed by atoms with Gasteiger partial charge in [0, 0.05) is 37.2 Å². The maximum Gasteiger partial charge on any atom is 0.336 e. The first kappa shape index (κ1) is 30.9. The SMILES string of the molecule is CCOC(=O)C1=C(C)N(CC(=O)N2CCC(n3c(=O)[nH]c4ccccc43)CC2)C(=O)CC1c1ccc(OCc2ccccc2)cc1. The molecule has 6 rings (SSSR count). The fourth-order valence-corrected chi connectivity index (χ4v) is 6.54. The van der Waals surface area contributed by atoms with Gasteiger partial charge in [-0.15, -0.1) is 0 Å². The number of aromatic nitrogens is 2. The topological polar surface area (TPSA) is 114 Å². The lowest BCUT2D eigenvalue weighted by Gasteiger charge is -2.37. The summed E-state index contributed by atoms with van der Waals surface area (Å²) >= 11 is 0. The van der Waals surface area contributed by atoms with E-state index < -0.39 is 11.9 Å². The van der Waals surface area contributed by atoms with Gasteiger partial charge < -0.3 is 24.3 Å². The molecule has 2 aliphatic rings. The highest BCUT2D eigenvalue weighted by Crippen LogP contribution is 2.38. The summed E-state index contributed by atoms with van der Waals surface area (Å²) in [6, 6.07) is 24.8. The molecule has 1 aromatic heterocycles. The zero-order valence-corrected chi connectivity index (χ0v) is 26.1. The van der Waals surface area contributed by atoms with Crippen molar-refractivity contribution in [3.63, 3.8) is 0 Å². The van der Waals surface area contributed by atoms with Crippen LogP contribution in [0.2, 0.25) is 0 Å². The number of likely N-dealkylation sites (tertiary alicyclic amines) is 1. The molecule has 10 nitrogen and oxygen atoms in total. The van der Waals surface area contributed by atoms with Gasteiger partial charge >= 0.3 is 11.7 Å². The van der Waals surface area contributed by atoms with Crippen LogP contribution >= 0.6 is 0 Å². The van der Waals surface area contributed by atoms with E-state index in [1.807, 2.05) is 78.9 Å². The molecular weight excluding hydrogens is 584 g/mol. The van der Waals surface area contributed by atoms with Gasteiger partial charge in [0.05, 0.1) is 23.2 Å². The van der Waals surface area contributed by atoms with E-state index in [0.29, 0.717) is 49.6 Å². The van der Waals surface area contributed by atoms with Gasteiger partial charge in [0.2, 0.25) is 11.8 Å². The van der Waals surface area contributed by atoms with Crippen LogP contribution in [0.5, 0.6) is 5.75 Å². The van der Waals surface area contributed by atoms with Crippen LogP contribution in [-0.4, -0.2) is 63.4 Å². The number of carbonyl (C=O) groups excluding carboxylic acids is 3. The van der Waals surface area contributed by atoms with Gasteiger partial charge in [-0.3, -0.25) is 14.2 Å². The third-order valence-corrected chi connectivity index (χ3v) is 8.95. The minimum absolute atomic E-state index is 0.0303. The van der Waals surface area contributed by atoms with Crippen molar-refractivity contribution >= 4 is 28.8 Å². The number of piperidine rings is 1. The van der Waals surface area contributed by atoms with Crippen molar-refractivity contribution in [3.05, 3.63) is 112 Å². The lowest BCUT2D eigenvalue weighted by molar-refractivity contribution is -0.143. The molecule has 238 valence electrons. The number of hydrogen-bond acceptors (Lipinski definition) is 6. The number of imidazole rings is 1. The highest BCUT2D eigenvalue weighted by Gasteiger charge is 2.38. The Labute approximate surface area is 267 Å². The zero-order valence-electron chi connectivity index (χ0n) is 26.1. The number of rotatable bonds is 9. The summed E-state index contributed by atoms with van der Waals surface area (Å²) in [5.41, 5.74) is 4.15. The van der Waals surface area contributed by atoms with Crippen LogP contribution in [-0.2, 0) is 25.7 Å². The highest BCUT2D eigenvalue weighted by atomic mass is 16.5. The van der Waals surface area contributed by atoms with Crippen molar-refractivity contribution in [1.82, 2.24) is 19.4 Å². The van der Waals surface area contributed by atoms with Gasteiger partial charge in [-0.1, -0.05) is 54.6 Å². The van der Waals surface area contributed by atoms with Gasteiger partial charge in [-0.05, 0) is 62.1 Å². The van der Waals surface area contributed by atoms with Gasteiger partial charge in [0.1, 0.15) is 18.9 Å². The molecule has 10 heteroatoms. The first-order valence-electron chi connectivity index (χ1n) is 15.8. The van der Waals surface area contributed by atoms with E-state index in [0.717, 1.165) is 22.2 Å². The molecule has 1 atom stereocenters. The monoisotopic (exact) mass is 622 g/mol. The van der Waals surface area contributed by atoms with Crippen molar-refractivity contribution in [2.45, 2.75) is 51.7 Å². The number of benzene rings is 3. The van der Waals surface area contributed by atoms with E-state index in [2.05, 4.69) is 4.98 Å². The van der Waals surface area contributed by atoms with Crippen LogP contribution in [0.4, 0.5) is 0 Å². The maximum absolute atomic E-state index is 13.5. The number of para-hydroxylation sites is 2. The summed E-state index contributed by atoms with van der Waals surface area (Å²) in [5, 5.41) is 0. The molecule has 0 aliphatic carbocycles. The molecule has 0 bridgehead atoms. The number of H-pyrrole nitrogens is 1. The number of esters is 1. The number of fused-ring (bicyclic) bond motifs is 1. The van der Waals surface area contributed by atoms with Crippen LogP contribution in [0, 0.1) is 0 Å². The average molecular weight is 623 g/mol. The second-order valence-electron chi connectivity index (χ2n) is 11.7. The molecule has 2 amide bonds. The molecule has 3 heterocycles. The van der Waals surface area contributed by atoms with E-state index in [9.17, 15) is 19.2 Å². The first-order chi connectivity index (χ1) is 22.3. The largest absolute Gasteiger partial charge is 0.489 e. The number of hydrogen-bond donors (Lipinski definition) is 1. The summed E-state index contributed by atoms with van der Waals surface area (Å²) in [4.78, 5) is 59.0. The number of nitrogens with one attached hydrogen (secondary N) is 1. The summed E-state index contributed by atoms with van der Waals surface area (Å²) in [6.07, 6.45) is 1.28. The van der Waals surface area contributed by atoms with E-state index in [-0.39, 0.29) is 43.1 Å². The molecule has 46 heavy (non-hydrogen) atoms. The lowest BCUT2D eigenvalue weighted by Crippen LogP contribution is -2.47. The molecule has 1 N–H and O–H groups in total. The molecule has 1 fully saturated rings. The number of allylic oxidation sites excluding steroid dienone is 1. The fourth-order valence-electron chi connectivity index (χ4n) is 6.54. The Morgan fingerprint density at radius 2 is 1.61 bits per heavy atom. The Morgan fingerprint density at radius 3 is 2.33 bits per heavy atom. The third-order valence-electron chi connectivity index (χ3n) is 8.95. The second kappa shape index (κ2) is 13.5. The second-order valence-corrected chi connectivity index (χ2v) is 11.7. The van der Waals surface area contributed by atoms with Crippen molar-refractivity contribution in [1.29, 1.82) is 0 Å². The molecule has 3 aromatic carbocycles. The highest BCUT2D eigenvalue weighted by molar-refractivity contribution is 5.97. The number of aromatic amines is 1. The summed E-state index contributed by atoms with van der Waals surface area (Å²) in [5.74, 6) is -0.748. The molecule has 4 aromatic rings. The van der Waals surface area contributed by atoms with Gasteiger partial charge in [-0.25, -0.2) is 9.59 Å². The molecular formula is C36H38N4O6. The maximum atomic E-state index is 13.5. The van der Waals surface area contributed by atoms with Gasteiger partial charge in [0.15, 0.2) is 0 Å². The Bertz CT molecular complexity index is 1820. The van der Waals surface area contributed by atoms with Gasteiger partial charge in [0.25, 0.3) is 0 Å². The molecule has 0 spiro atoms. The van der Waals surface area contributed by atoms with Crippen molar-refractivity contribution in [2.24, 2.45) is 0 Å². The standard InChI is InChI=1S/C36H38N4O6/c1-3-45-35(43)34-24(2)39(32(41)21-29(34)26-13-15-28(16-14-26)46-23-25-9-5-4-6-10-25)22-33(42)38-19-17-27(18-20-38)40-31-12-8-7-11-30(31)37-36(40)44/h4-16,27,29H,3,17-23H2,1-2H3,(H,37,44). The number of carbonyl (C=O) groups is 3. The predicted molar refractivity (Wildman–Crippen MR) is 173 cm³/mol.